The lowest BCUT2D eigenvalue weighted by Crippen LogP contribution is -2.25. The first-order valence-electron chi connectivity index (χ1n) is 7.59. The van der Waals surface area contributed by atoms with Gasteiger partial charge in [0.2, 0.25) is 0 Å². The summed E-state index contributed by atoms with van der Waals surface area (Å²) in [6, 6.07) is 13.8. The van der Waals surface area contributed by atoms with Gasteiger partial charge in [-0.25, -0.2) is 0 Å². The van der Waals surface area contributed by atoms with Gasteiger partial charge >= 0.3 is 0 Å². The van der Waals surface area contributed by atoms with Crippen LogP contribution in [-0.4, -0.2) is 13.2 Å². The Morgan fingerprint density at radius 3 is 2.17 bits per heavy atom. The van der Waals surface area contributed by atoms with Crippen molar-refractivity contribution in [3.8, 4) is 11.1 Å². The third-order valence-electron chi connectivity index (χ3n) is 3.82. The fraction of sp³-hybridized carbons (Fsp3) is 0.263. The molecule has 2 nitrogen and oxygen atoms in total. The van der Waals surface area contributed by atoms with Crippen LogP contribution in [0.1, 0.15) is 18.8 Å². The minimum absolute atomic E-state index is 0.292. The number of halogens is 2. The topological polar surface area (TPSA) is 18.5 Å². The average molecular weight is 349 g/mol. The SMILES string of the molecule is C/C=C/[C@H]1CO[C@H](c2ccc(-c3ccc(Cl)c(Cl)c3)cc2)OC1. The van der Waals surface area contributed by atoms with Crippen molar-refractivity contribution in [1.82, 2.24) is 0 Å². The molecule has 1 heterocycles. The van der Waals surface area contributed by atoms with Crippen molar-refractivity contribution in [2.75, 3.05) is 13.2 Å². The van der Waals surface area contributed by atoms with Crippen LogP contribution in [0.4, 0.5) is 0 Å². The van der Waals surface area contributed by atoms with Crippen molar-refractivity contribution in [3.63, 3.8) is 0 Å². The minimum atomic E-state index is -0.292. The van der Waals surface area contributed by atoms with Crippen LogP contribution in [0.2, 0.25) is 10.0 Å². The summed E-state index contributed by atoms with van der Waals surface area (Å²) in [5.74, 6) is 0.340. The molecule has 1 aliphatic rings. The highest BCUT2D eigenvalue weighted by molar-refractivity contribution is 6.42. The van der Waals surface area contributed by atoms with Crippen LogP contribution in [0.5, 0.6) is 0 Å². The molecule has 120 valence electrons. The Bertz CT molecular complexity index is 687. The Balaban J connectivity index is 1.71. The van der Waals surface area contributed by atoms with Gasteiger partial charge in [0.15, 0.2) is 6.29 Å². The van der Waals surface area contributed by atoms with Gasteiger partial charge in [-0.05, 0) is 30.2 Å². The molecule has 2 aromatic rings. The minimum Gasteiger partial charge on any atom is -0.348 e. The summed E-state index contributed by atoms with van der Waals surface area (Å²) < 4.78 is 11.6. The Morgan fingerprint density at radius 2 is 1.57 bits per heavy atom. The number of hydrogen-bond donors (Lipinski definition) is 0. The Morgan fingerprint density at radius 1 is 0.913 bits per heavy atom. The number of benzene rings is 2. The molecule has 0 aromatic heterocycles. The Hall–Kier alpha value is -1.32. The van der Waals surface area contributed by atoms with Crippen molar-refractivity contribution in [2.45, 2.75) is 13.2 Å². The molecule has 0 bridgehead atoms. The van der Waals surface area contributed by atoms with Gasteiger partial charge in [0.1, 0.15) is 0 Å². The number of rotatable bonds is 3. The maximum Gasteiger partial charge on any atom is 0.183 e. The molecule has 0 saturated carbocycles. The number of allylic oxidation sites excluding steroid dienone is 1. The van der Waals surface area contributed by atoms with Crippen LogP contribution in [0.25, 0.3) is 11.1 Å². The highest BCUT2D eigenvalue weighted by atomic mass is 35.5. The van der Waals surface area contributed by atoms with E-state index in [4.69, 9.17) is 32.7 Å². The van der Waals surface area contributed by atoms with Crippen LogP contribution < -0.4 is 0 Å². The van der Waals surface area contributed by atoms with E-state index >= 15 is 0 Å². The van der Waals surface area contributed by atoms with Gasteiger partial charge in [-0.3, -0.25) is 0 Å². The molecule has 0 aliphatic carbocycles. The molecular weight excluding hydrogens is 331 g/mol. The van der Waals surface area contributed by atoms with E-state index in [0.717, 1.165) is 16.7 Å². The summed E-state index contributed by atoms with van der Waals surface area (Å²) >= 11 is 12.0. The summed E-state index contributed by atoms with van der Waals surface area (Å²) in [6.07, 6.45) is 3.85. The van der Waals surface area contributed by atoms with E-state index in [1.54, 1.807) is 0 Å². The molecule has 2 aromatic carbocycles. The van der Waals surface area contributed by atoms with Crippen molar-refractivity contribution in [1.29, 1.82) is 0 Å². The third-order valence-corrected chi connectivity index (χ3v) is 4.56. The van der Waals surface area contributed by atoms with Gasteiger partial charge in [-0.1, -0.05) is 65.7 Å². The van der Waals surface area contributed by atoms with E-state index in [9.17, 15) is 0 Å². The standard InChI is InChI=1S/C19H18Cl2O2/c1-2-3-13-11-22-19(23-12-13)15-6-4-14(5-7-15)16-8-9-17(20)18(21)10-16/h2-10,13,19H,11-12H2,1H3/b3-2+/t13-,19-. The van der Waals surface area contributed by atoms with Crippen LogP contribution in [0.15, 0.2) is 54.6 Å². The van der Waals surface area contributed by atoms with Gasteiger partial charge in [0, 0.05) is 11.5 Å². The van der Waals surface area contributed by atoms with Crippen LogP contribution in [-0.2, 0) is 9.47 Å². The lowest BCUT2D eigenvalue weighted by Gasteiger charge is -2.28. The van der Waals surface area contributed by atoms with E-state index in [2.05, 4.69) is 6.08 Å². The molecule has 23 heavy (non-hydrogen) atoms. The first kappa shape index (κ1) is 16.5. The summed E-state index contributed by atoms with van der Waals surface area (Å²) in [5.41, 5.74) is 3.13. The average Bonchev–Trinajstić information content (AvgIpc) is 2.59. The zero-order valence-corrected chi connectivity index (χ0v) is 14.3. The molecule has 0 amide bonds. The normalized spacial score (nSPS) is 21.7. The Labute approximate surface area is 146 Å². The molecule has 1 saturated heterocycles. The van der Waals surface area contributed by atoms with Gasteiger partial charge in [-0.15, -0.1) is 0 Å². The van der Waals surface area contributed by atoms with Gasteiger partial charge in [0.25, 0.3) is 0 Å². The van der Waals surface area contributed by atoms with E-state index in [0.29, 0.717) is 29.2 Å². The summed E-state index contributed by atoms with van der Waals surface area (Å²) in [5, 5.41) is 1.12. The predicted octanol–water partition coefficient (Wildman–Crippen LogP) is 5.90. The van der Waals surface area contributed by atoms with E-state index in [1.165, 1.54) is 0 Å². The molecule has 0 N–H and O–H groups in total. The molecule has 0 radical (unpaired) electrons. The first-order chi connectivity index (χ1) is 11.2. The molecule has 0 spiro atoms. The Kier molecular flexibility index (Phi) is 5.39. The van der Waals surface area contributed by atoms with Crippen LogP contribution >= 0.6 is 23.2 Å². The quantitative estimate of drug-likeness (QED) is 0.643. The van der Waals surface area contributed by atoms with Gasteiger partial charge in [0.05, 0.1) is 23.3 Å². The maximum absolute atomic E-state index is 6.08. The van der Waals surface area contributed by atoms with Gasteiger partial charge < -0.3 is 9.47 Å². The van der Waals surface area contributed by atoms with Crippen molar-refractivity contribution >= 4 is 23.2 Å². The van der Waals surface area contributed by atoms with E-state index in [-0.39, 0.29) is 6.29 Å². The molecule has 1 aliphatic heterocycles. The predicted molar refractivity (Wildman–Crippen MR) is 94.8 cm³/mol. The summed E-state index contributed by atoms with van der Waals surface area (Å²) in [6.45, 7) is 3.38. The van der Waals surface area contributed by atoms with Crippen molar-refractivity contribution < 1.29 is 9.47 Å². The molecule has 3 rings (SSSR count). The van der Waals surface area contributed by atoms with Crippen molar-refractivity contribution in [2.24, 2.45) is 5.92 Å². The number of ether oxygens (including phenoxy) is 2. The summed E-state index contributed by atoms with van der Waals surface area (Å²) in [4.78, 5) is 0. The fourth-order valence-electron chi connectivity index (χ4n) is 2.60. The number of hydrogen-bond acceptors (Lipinski definition) is 2. The van der Waals surface area contributed by atoms with Crippen LogP contribution in [0.3, 0.4) is 0 Å². The molecule has 0 unspecified atom stereocenters. The molecular formula is C19H18Cl2O2. The molecule has 1 fully saturated rings. The second kappa shape index (κ2) is 7.50. The van der Waals surface area contributed by atoms with Gasteiger partial charge in [-0.2, -0.15) is 0 Å². The smallest absolute Gasteiger partial charge is 0.183 e. The largest absolute Gasteiger partial charge is 0.348 e. The van der Waals surface area contributed by atoms with Crippen molar-refractivity contribution in [3.05, 3.63) is 70.2 Å². The molecule has 4 heteroatoms. The van der Waals surface area contributed by atoms with E-state index in [1.807, 2.05) is 55.5 Å². The summed E-state index contributed by atoms with van der Waals surface area (Å²) in [7, 11) is 0. The van der Waals surface area contributed by atoms with Crippen LogP contribution in [0, 0.1) is 5.92 Å². The lowest BCUT2D eigenvalue weighted by molar-refractivity contribution is -0.197. The highest BCUT2D eigenvalue weighted by Gasteiger charge is 2.21. The third kappa shape index (κ3) is 3.96. The second-order valence-corrected chi connectivity index (χ2v) is 6.35. The lowest BCUT2D eigenvalue weighted by atomic mass is 10.0. The fourth-order valence-corrected chi connectivity index (χ4v) is 2.90. The molecule has 0 atom stereocenters. The highest BCUT2D eigenvalue weighted by Crippen LogP contribution is 2.31. The second-order valence-electron chi connectivity index (χ2n) is 5.54. The first-order valence-corrected chi connectivity index (χ1v) is 8.34. The zero-order valence-electron chi connectivity index (χ0n) is 12.8. The monoisotopic (exact) mass is 348 g/mol. The van der Waals surface area contributed by atoms with E-state index < -0.39 is 0 Å². The zero-order chi connectivity index (χ0) is 16.2. The maximum atomic E-state index is 6.08.